The van der Waals surface area contributed by atoms with Crippen LogP contribution in [0.25, 0.3) is 0 Å². The van der Waals surface area contributed by atoms with Crippen molar-refractivity contribution in [2.45, 2.75) is 24.9 Å². The van der Waals surface area contributed by atoms with E-state index in [1.807, 2.05) is 6.92 Å². The number of nitrogens with zero attached hydrogens (tertiary/aromatic N) is 3. The number of sulfonamides is 1. The largest absolute Gasteiger partial charge is 0.331 e. The van der Waals surface area contributed by atoms with E-state index >= 15 is 0 Å². The quantitative estimate of drug-likeness (QED) is 0.828. The van der Waals surface area contributed by atoms with Gasteiger partial charge in [0.15, 0.2) is 0 Å². The molecule has 6 nitrogen and oxygen atoms in total. The number of hydrogen-bond donors (Lipinski definition) is 0. The van der Waals surface area contributed by atoms with Crippen molar-refractivity contribution in [2.24, 2.45) is 0 Å². The summed E-state index contributed by atoms with van der Waals surface area (Å²) in [7, 11) is -0.258. The number of hydrogen-bond acceptors (Lipinski definition) is 3. The third kappa shape index (κ3) is 2.89. The Morgan fingerprint density at radius 1 is 1.19 bits per heavy atom. The number of urea groups is 1. The van der Waals surface area contributed by atoms with E-state index in [9.17, 15) is 13.2 Å². The second-order valence-electron chi connectivity index (χ2n) is 5.43. The highest BCUT2D eigenvalue weighted by atomic mass is 32.2. The van der Waals surface area contributed by atoms with Gasteiger partial charge in [-0.2, -0.15) is 4.31 Å². The van der Waals surface area contributed by atoms with E-state index in [2.05, 4.69) is 0 Å². The predicted molar refractivity (Wildman–Crippen MR) is 80.3 cm³/mol. The van der Waals surface area contributed by atoms with Crippen LogP contribution in [-0.4, -0.2) is 61.9 Å². The minimum Gasteiger partial charge on any atom is -0.331 e. The van der Waals surface area contributed by atoms with E-state index in [-0.39, 0.29) is 10.9 Å². The van der Waals surface area contributed by atoms with Crippen LogP contribution >= 0.6 is 0 Å². The van der Waals surface area contributed by atoms with E-state index in [1.54, 1.807) is 50.2 Å². The first-order valence-electron chi connectivity index (χ1n) is 6.81. The lowest BCUT2D eigenvalue weighted by atomic mass is 10.2. The van der Waals surface area contributed by atoms with Gasteiger partial charge in [0.25, 0.3) is 0 Å². The Labute approximate surface area is 126 Å². The molecule has 0 spiro atoms. The van der Waals surface area contributed by atoms with Crippen LogP contribution in [0.1, 0.15) is 12.5 Å². The zero-order valence-electron chi connectivity index (χ0n) is 12.8. The normalized spacial score (nSPS) is 19.8. The van der Waals surface area contributed by atoms with Gasteiger partial charge in [-0.25, -0.2) is 13.2 Å². The van der Waals surface area contributed by atoms with E-state index in [0.29, 0.717) is 13.1 Å². The Bertz CT molecular complexity index is 625. The summed E-state index contributed by atoms with van der Waals surface area (Å²) in [6.45, 7) is 4.37. The number of aryl methyl sites for hydroxylation is 1. The summed E-state index contributed by atoms with van der Waals surface area (Å²) in [5, 5.41) is 0. The summed E-state index contributed by atoms with van der Waals surface area (Å²) >= 11 is 0. The molecule has 1 aliphatic rings. The van der Waals surface area contributed by atoms with Gasteiger partial charge in [0.05, 0.1) is 11.1 Å². The van der Waals surface area contributed by atoms with Gasteiger partial charge in [0, 0.05) is 27.2 Å². The Balaban J connectivity index is 2.26. The molecule has 1 heterocycles. The monoisotopic (exact) mass is 311 g/mol. The van der Waals surface area contributed by atoms with Gasteiger partial charge >= 0.3 is 6.03 Å². The summed E-state index contributed by atoms with van der Waals surface area (Å²) in [6, 6.07) is 6.58. The standard InChI is InChI=1S/C14H21N3O3S/c1-11-5-7-13(8-6-11)21(19,20)17-10-9-16(12(17)2)14(18)15(3)4/h5-8,12H,9-10H2,1-4H3/t12-/m0/s1. The molecule has 1 saturated heterocycles. The van der Waals surface area contributed by atoms with Crippen molar-refractivity contribution in [1.29, 1.82) is 0 Å². The summed E-state index contributed by atoms with van der Waals surface area (Å²) in [6.07, 6.45) is -0.480. The molecular weight excluding hydrogens is 290 g/mol. The Kier molecular flexibility index (Phi) is 4.25. The molecule has 0 aliphatic carbocycles. The van der Waals surface area contributed by atoms with Crippen LogP contribution in [0.15, 0.2) is 29.2 Å². The maximum Gasteiger partial charge on any atom is 0.320 e. The van der Waals surface area contributed by atoms with E-state index < -0.39 is 16.2 Å². The van der Waals surface area contributed by atoms with Crippen molar-refractivity contribution in [2.75, 3.05) is 27.2 Å². The molecule has 21 heavy (non-hydrogen) atoms. The molecule has 0 unspecified atom stereocenters. The van der Waals surface area contributed by atoms with Crippen molar-refractivity contribution in [3.63, 3.8) is 0 Å². The zero-order chi connectivity index (χ0) is 15.8. The Morgan fingerprint density at radius 2 is 1.76 bits per heavy atom. The van der Waals surface area contributed by atoms with Crippen molar-refractivity contribution in [3.05, 3.63) is 29.8 Å². The molecule has 1 aromatic carbocycles. The highest BCUT2D eigenvalue weighted by molar-refractivity contribution is 7.89. The van der Waals surface area contributed by atoms with Crippen LogP contribution in [0, 0.1) is 6.92 Å². The van der Waals surface area contributed by atoms with Crippen molar-refractivity contribution in [1.82, 2.24) is 14.1 Å². The molecule has 0 aromatic heterocycles. The number of amides is 2. The summed E-state index contributed by atoms with van der Waals surface area (Å²) in [4.78, 5) is 15.3. The molecule has 2 rings (SSSR count). The molecule has 1 atom stereocenters. The van der Waals surface area contributed by atoms with Gasteiger partial charge in [-0.1, -0.05) is 17.7 Å². The summed E-state index contributed by atoms with van der Waals surface area (Å²) in [5.74, 6) is 0. The highest BCUT2D eigenvalue weighted by Crippen LogP contribution is 2.24. The Morgan fingerprint density at radius 3 is 2.29 bits per heavy atom. The first-order valence-corrected chi connectivity index (χ1v) is 8.25. The third-order valence-electron chi connectivity index (χ3n) is 3.68. The van der Waals surface area contributed by atoms with Crippen molar-refractivity contribution < 1.29 is 13.2 Å². The number of rotatable bonds is 2. The van der Waals surface area contributed by atoms with E-state index in [1.165, 1.54) is 9.21 Å². The molecule has 116 valence electrons. The van der Waals surface area contributed by atoms with Gasteiger partial charge in [-0.3, -0.25) is 0 Å². The van der Waals surface area contributed by atoms with Gasteiger partial charge in [0.1, 0.15) is 0 Å². The van der Waals surface area contributed by atoms with Gasteiger partial charge in [-0.15, -0.1) is 0 Å². The summed E-state index contributed by atoms with van der Waals surface area (Å²) < 4.78 is 26.7. The molecule has 0 saturated carbocycles. The van der Waals surface area contributed by atoms with Gasteiger partial charge < -0.3 is 9.80 Å². The zero-order valence-corrected chi connectivity index (χ0v) is 13.6. The average Bonchev–Trinajstić information content (AvgIpc) is 2.80. The lowest BCUT2D eigenvalue weighted by Crippen LogP contribution is -2.46. The number of carbonyl (C=O) groups is 1. The van der Waals surface area contributed by atoms with Crippen LogP contribution in [0.2, 0.25) is 0 Å². The second-order valence-corrected chi connectivity index (χ2v) is 7.32. The maximum atomic E-state index is 12.7. The molecular formula is C14H21N3O3S. The van der Waals surface area contributed by atoms with Gasteiger partial charge in [-0.05, 0) is 26.0 Å². The number of carbonyl (C=O) groups excluding carboxylic acids is 1. The molecule has 1 aromatic rings. The fraction of sp³-hybridized carbons (Fsp3) is 0.500. The van der Waals surface area contributed by atoms with Crippen LogP contribution in [-0.2, 0) is 10.0 Å². The van der Waals surface area contributed by atoms with Gasteiger partial charge in [0.2, 0.25) is 10.0 Å². The van der Waals surface area contributed by atoms with Crippen LogP contribution in [0.3, 0.4) is 0 Å². The first kappa shape index (κ1) is 15.8. The highest BCUT2D eigenvalue weighted by Gasteiger charge is 2.40. The lowest BCUT2D eigenvalue weighted by Gasteiger charge is -2.28. The first-order chi connectivity index (χ1) is 9.75. The average molecular weight is 311 g/mol. The fourth-order valence-corrected chi connectivity index (χ4v) is 4.00. The molecule has 1 aliphatic heterocycles. The van der Waals surface area contributed by atoms with E-state index in [4.69, 9.17) is 0 Å². The smallest absolute Gasteiger partial charge is 0.320 e. The fourth-order valence-electron chi connectivity index (χ4n) is 2.41. The predicted octanol–water partition coefficient (Wildman–Crippen LogP) is 1.33. The van der Waals surface area contributed by atoms with E-state index in [0.717, 1.165) is 5.56 Å². The molecule has 2 amide bonds. The molecule has 0 bridgehead atoms. The third-order valence-corrected chi connectivity index (χ3v) is 5.66. The Hall–Kier alpha value is -1.60. The molecule has 0 radical (unpaired) electrons. The van der Waals surface area contributed by atoms with Crippen LogP contribution < -0.4 is 0 Å². The van der Waals surface area contributed by atoms with Crippen LogP contribution in [0.4, 0.5) is 4.79 Å². The molecule has 1 fully saturated rings. The van der Waals surface area contributed by atoms with Crippen molar-refractivity contribution in [3.8, 4) is 0 Å². The lowest BCUT2D eigenvalue weighted by molar-refractivity contribution is 0.156. The molecule has 7 heteroatoms. The number of benzene rings is 1. The molecule has 0 N–H and O–H groups in total. The maximum absolute atomic E-state index is 12.7. The SMILES string of the molecule is Cc1ccc(S(=O)(=O)N2CCN(C(=O)N(C)C)[C@@H]2C)cc1. The van der Waals surface area contributed by atoms with Crippen LogP contribution in [0.5, 0.6) is 0 Å². The minimum atomic E-state index is -3.58. The topological polar surface area (TPSA) is 60.9 Å². The summed E-state index contributed by atoms with van der Waals surface area (Å²) in [5.41, 5.74) is 1.01. The minimum absolute atomic E-state index is 0.177. The second kappa shape index (κ2) is 5.65. The van der Waals surface area contributed by atoms with Crippen molar-refractivity contribution >= 4 is 16.1 Å².